The summed E-state index contributed by atoms with van der Waals surface area (Å²) in [6, 6.07) is 8.00. The van der Waals surface area contributed by atoms with Gasteiger partial charge in [0.1, 0.15) is 0 Å². The summed E-state index contributed by atoms with van der Waals surface area (Å²) < 4.78 is 12.6. The number of quaternary nitrogens is 1. The SMILES string of the molecule is COc1cc2c(=O)n(CC[NH+](C)C)c3c4ccc([N+](=O)[O-])cc4ncc3c2cc1OC. The molecule has 160 valence electrons. The summed E-state index contributed by atoms with van der Waals surface area (Å²) in [5, 5.41) is 13.9. The smallest absolute Gasteiger partial charge is 0.271 e. The number of nitro groups is 1. The summed E-state index contributed by atoms with van der Waals surface area (Å²) in [6.07, 6.45) is 1.66. The van der Waals surface area contributed by atoms with E-state index in [1.165, 1.54) is 24.1 Å². The Kier molecular flexibility index (Phi) is 5.20. The third kappa shape index (κ3) is 3.42. The molecule has 9 nitrogen and oxygen atoms in total. The van der Waals surface area contributed by atoms with Crippen molar-refractivity contribution in [2.45, 2.75) is 6.54 Å². The summed E-state index contributed by atoms with van der Waals surface area (Å²) in [7, 11) is 7.11. The Hall–Kier alpha value is -3.72. The fourth-order valence-electron chi connectivity index (χ4n) is 3.84. The highest BCUT2D eigenvalue weighted by Crippen LogP contribution is 2.36. The van der Waals surface area contributed by atoms with Crippen LogP contribution in [-0.4, -0.2) is 49.3 Å². The Labute approximate surface area is 177 Å². The number of benzene rings is 2. The summed E-state index contributed by atoms with van der Waals surface area (Å²) in [5.41, 5.74) is 0.964. The van der Waals surface area contributed by atoms with Gasteiger partial charge in [0, 0.05) is 34.5 Å². The number of nitro benzene ring substituents is 1. The van der Waals surface area contributed by atoms with Gasteiger partial charge < -0.3 is 18.9 Å². The van der Waals surface area contributed by atoms with Crippen molar-refractivity contribution in [3.8, 4) is 11.5 Å². The number of pyridine rings is 2. The number of fused-ring (bicyclic) bond motifs is 5. The van der Waals surface area contributed by atoms with Crippen LogP contribution < -0.4 is 19.9 Å². The number of rotatable bonds is 6. The van der Waals surface area contributed by atoms with Crippen LogP contribution in [0.5, 0.6) is 11.5 Å². The number of nitrogens with one attached hydrogen (secondary N) is 1. The molecule has 0 radical (unpaired) electrons. The highest BCUT2D eigenvalue weighted by Gasteiger charge is 2.19. The Morgan fingerprint density at radius 2 is 1.71 bits per heavy atom. The minimum absolute atomic E-state index is 0.0434. The Morgan fingerprint density at radius 3 is 2.32 bits per heavy atom. The maximum atomic E-state index is 13.6. The summed E-state index contributed by atoms with van der Waals surface area (Å²) in [5.74, 6) is 0.982. The van der Waals surface area contributed by atoms with E-state index >= 15 is 0 Å². The molecule has 2 aromatic heterocycles. The van der Waals surface area contributed by atoms with E-state index in [9.17, 15) is 14.9 Å². The predicted molar refractivity (Wildman–Crippen MR) is 118 cm³/mol. The van der Waals surface area contributed by atoms with E-state index < -0.39 is 4.92 Å². The van der Waals surface area contributed by atoms with Crippen molar-refractivity contribution >= 4 is 38.3 Å². The van der Waals surface area contributed by atoms with E-state index in [1.54, 1.807) is 36.1 Å². The third-order valence-corrected chi connectivity index (χ3v) is 5.43. The van der Waals surface area contributed by atoms with E-state index in [0.717, 1.165) is 11.9 Å². The minimum atomic E-state index is -0.453. The molecule has 0 unspecified atom stereocenters. The predicted octanol–water partition coefficient (Wildman–Crippen LogP) is 1.77. The quantitative estimate of drug-likeness (QED) is 0.288. The van der Waals surface area contributed by atoms with Crippen molar-refractivity contribution in [1.82, 2.24) is 9.55 Å². The molecule has 31 heavy (non-hydrogen) atoms. The molecule has 0 spiro atoms. The lowest BCUT2D eigenvalue weighted by atomic mass is 10.0. The number of aromatic nitrogens is 2. The second-order valence-electron chi connectivity index (χ2n) is 7.65. The summed E-state index contributed by atoms with van der Waals surface area (Å²) >= 11 is 0. The molecule has 0 aliphatic carbocycles. The largest absolute Gasteiger partial charge is 0.493 e. The lowest BCUT2D eigenvalue weighted by Crippen LogP contribution is -3.06. The average Bonchev–Trinajstić information content (AvgIpc) is 2.77. The molecule has 1 N–H and O–H groups in total. The number of hydrogen-bond acceptors (Lipinski definition) is 6. The molecule has 0 fully saturated rings. The first-order chi connectivity index (χ1) is 14.8. The number of methoxy groups -OCH3 is 2. The molecular formula is C22H23N4O5+. The van der Waals surface area contributed by atoms with Gasteiger partial charge in [-0.05, 0) is 18.2 Å². The lowest BCUT2D eigenvalue weighted by molar-refractivity contribution is -0.858. The maximum Gasteiger partial charge on any atom is 0.271 e. The first kappa shape index (κ1) is 20.5. The van der Waals surface area contributed by atoms with Gasteiger partial charge in [-0.3, -0.25) is 19.9 Å². The van der Waals surface area contributed by atoms with Crippen LogP contribution in [0, 0.1) is 10.1 Å². The summed E-state index contributed by atoms with van der Waals surface area (Å²) in [4.78, 5) is 30.0. The van der Waals surface area contributed by atoms with Gasteiger partial charge >= 0.3 is 0 Å². The van der Waals surface area contributed by atoms with Crippen LogP contribution in [0.4, 0.5) is 5.69 Å². The van der Waals surface area contributed by atoms with Crippen LogP contribution in [0.1, 0.15) is 0 Å². The molecule has 4 aromatic rings. The standard InChI is InChI=1S/C22H22N4O5/c1-24(2)7-8-25-21-14-6-5-13(26(28)29)9-18(14)23-12-17(21)15-10-19(30-3)20(31-4)11-16(15)22(25)27/h5-6,9-12H,7-8H2,1-4H3/p+1. The van der Waals surface area contributed by atoms with Crippen LogP contribution in [0.2, 0.25) is 0 Å². The zero-order valence-electron chi connectivity index (χ0n) is 17.8. The Morgan fingerprint density at radius 1 is 1.03 bits per heavy atom. The molecule has 0 aliphatic rings. The number of hydrogen-bond donors (Lipinski definition) is 1. The monoisotopic (exact) mass is 423 g/mol. The molecule has 0 amide bonds. The highest BCUT2D eigenvalue weighted by atomic mass is 16.6. The minimum Gasteiger partial charge on any atom is -0.493 e. The van der Waals surface area contributed by atoms with Crippen LogP contribution in [0.3, 0.4) is 0 Å². The van der Waals surface area contributed by atoms with E-state index in [-0.39, 0.29) is 11.2 Å². The van der Waals surface area contributed by atoms with E-state index in [1.807, 2.05) is 14.1 Å². The maximum absolute atomic E-state index is 13.6. The number of likely N-dealkylation sites (N-methyl/N-ethyl adjacent to an activating group) is 1. The zero-order chi connectivity index (χ0) is 22.3. The van der Waals surface area contributed by atoms with Crippen LogP contribution in [0.15, 0.2) is 41.3 Å². The van der Waals surface area contributed by atoms with E-state index in [0.29, 0.717) is 45.2 Å². The molecule has 0 atom stereocenters. The first-order valence-electron chi connectivity index (χ1n) is 9.80. The highest BCUT2D eigenvalue weighted by molar-refractivity contribution is 6.14. The fraction of sp³-hybridized carbons (Fsp3) is 0.273. The van der Waals surface area contributed by atoms with Gasteiger partial charge in [0.2, 0.25) is 0 Å². The number of nitrogens with zero attached hydrogens (tertiary/aromatic N) is 3. The molecule has 0 saturated heterocycles. The topological polar surface area (TPSA) is 101 Å². The molecular weight excluding hydrogens is 400 g/mol. The lowest BCUT2D eigenvalue weighted by Gasteiger charge is -2.17. The van der Waals surface area contributed by atoms with Crippen LogP contribution in [-0.2, 0) is 6.54 Å². The molecule has 4 rings (SSSR count). The van der Waals surface area contributed by atoms with Crippen molar-refractivity contribution in [1.29, 1.82) is 0 Å². The second kappa shape index (κ2) is 7.84. The van der Waals surface area contributed by atoms with Crippen molar-refractivity contribution in [2.24, 2.45) is 0 Å². The molecule has 0 aliphatic heterocycles. The van der Waals surface area contributed by atoms with Gasteiger partial charge in [-0.2, -0.15) is 0 Å². The van der Waals surface area contributed by atoms with Gasteiger partial charge in [0.15, 0.2) is 11.5 Å². The number of ether oxygens (including phenoxy) is 2. The average molecular weight is 423 g/mol. The molecule has 0 saturated carbocycles. The van der Waals surface area contributed by atoms with E-state index in [2.05, 4.69) is 4.98 Å². The summed E-state index contributed by atoms with van der Waals surface area (Å²) in [6.45, 7) is 1.21. The van der Waals surface area contributed by atoms with Gasteiger partial charge in [0.25, 0.3) is 11.2 Å². The molecule has 9 heteroatoms. The normalized spacial score (nSPS) is 11.5. The van der Waals surface area contributed by atoms with Gasteiger partial charge in [-0.15, -0.1) is 0 Å². The zero-order valence-corrected chi connectivity index (χ0v) is 17.8. The third-order valence-electron chi connectivity index (χ3n) is 5.43. The van der Waals surface area contributed by atoms with Crippen molar-refractivity contribution in [2.75, 3.05) is 34.9 Å². The van der Waals surface area contributed by atoms with Crippen LogP contribution in [0.25, 0.3) is 32.6 Å². The Bertz CT molecular complexity index is 1390. The fourth-order valence-corrected chi connectivity index (χ4v) is 3.84. The van der Waals surface area contributed by atoms with Gasteiger partial charge in [-0.1, -0.05) is 0 Å². The van der Waals surface area contributed by atoms with E-state index in [4.69, 9.17) is 9.47 Å². The van der Waals surface area contributed by atoms with Crippen molar-refractivity contribution in [3.63, 3.8) is 0 Å². The molecule has 2 heterocycles. The second-order valence-corrected chi connectivity index (χ2v) is 7.65. The molecule has 2 aromatic carbocycles. The van der Waals surface area contributed by atoms with Crippen LogP contribution >= 0.6 is 0 Å². The first-order valence-corrected chi connectivity index (χ1v) is 9.80. The van der Waals surface area contributed by atoms with Gasteiger partial charge in [0.05, 0.1) is 62.7 Å². The molecule has 0 bridgehead atoms. The van der Waals surface area contributed by atoms with Crippen molar-refractivity contribution < 1.29 is 19.3 Å². The Balaban J connectivity index is 2.17. The number of non-ortho nitro benzene ring substituents is 1. The van der Waals surface area contributed by atoms with Crippen molar-refractivity contribution in [3.05, 3.63) is 57.0 Å². The van der Waals surface area contributed by atoms with Gasteiger partial charge in [-0.25, -0.2) is 0 Å².